The van der Waals surface area contributed by atoms with Gasteiger partial charge in [-0.1, -0.05) is 20.8 Å². The molecule has 2 amide bonds. The van der Waals surface area contributed by atoms with Gasteiger partial charge < -0.3 is 25.4 Å². The third-order valence-corrected chi connectivity index (χ3v) is 5.17. The van der Waals surface area contributed by atoms with E-state index >= 15 is 0 Å². The fourth-order valence-corrected chi connectivity index (χ4v) is 3.26. The molecule has 2 atom stereocenters. The molecule has 1 fully saturated rings. The summed E-state index contributed by atoms with van der Waals surface area (Å²) in [4.78, 5) is 27.7. The number of halogens is 1. The molecule has 164 valence electrons. The van der Waals surface area contributed by atoms with Gasteiger partial charge in [0.1, 0.15) is 0 Å². The van der Waals surface area contributed by atoms with E-state index in [-0.39, 0.29) is 36.2 Å². The Bertz CT molecular complexity index is 731. The Balaban J connectivity index is 0.00000420. The van der Waals surface area contributed by atoms with Crippen molar-refractivity contribution in [3.05, 3.63) is 17.7 Å². The number of anilines is 1. The van der Waals surface area contributed by atoms with Gasteiger partial charge in [0.15, 0.2) is 11.5 Å². The Morgan fingerprint density at radius 1 is 1.21 bits per heavy atom. The summed E-state index contributed by atoms with van der Waals surface area (Å²) in [7, 11) is 3.04. The summed E-state index contributed by atoms with van der Waals surface area (Å²) in [5.41, 5.74) is 6.28. The van der Waals surface area contributed by atoms with Crippen LogP contribution in [0.3, 0.4) is 0 Å². The van der Waals surface area contributed by atoms with E-state index in [9.17, 15) is 9.59 Å². The molecule has 0 saturated carbocycles. The first-order chi connectivity index (χ1) is 13.1. The van der Waals surface area contributed by atoms with Crippen molar-refractivity contribution in [3.8, 4) is 11.5 Å². The average molecular weight is 428 g/mol. The van der Waals surface area contributed by atoms with Gasteiger partial charge in [-0.3, -0.25) is 9.59 Å². The molecule has 1 aromatic carbocycles. The molecule has 3 N–H and O–H groups in total. The number of carbonyl (C=O) groups is 2. The molecular weight excluding hydrogens is 394 g/mol. The van der Waals surface area contributed by atoms with Crippen LogP contribution in [0.25, 0.3) is 0 Å². The summed E-state index contributed by atoms with van der Waals surface area (Å²) in [6.07, 6.45) is 1.93. The Labute approximate surface area is 179 Å². The third kappa shape index (κ3) is 6.00. The lowest BCUT2D eigenvalue weighted by Gasteiger charge is -2.35. The van der Waals surface area contributed by atoms with Gasteiger partial charge in [-0.25, -0.2) is 0 Å². The number of benzene rings is 1. The van der Waals surface area contributed by atoms with Gasteiger partial charge in [-0.15, -0.1) is 12.4 Å². The molecule has 2 unspecified atom stereocenters. The highest BCUT2D eigenvalue weighted by Crippen LogP contribution is 2.35. The first-order valence-corrected chi connectivity index (χ1v) is 9.70. The van der Waals surface area contributed by atoms with Crippen molar-refractivity contribution in [1.82, 2.24) is 4.90 Å². The molecule has 0 radical (unpaired) electrons. The van der Waals surface area contributed by atoms with Crippen LogP contribution in [0.15, 0.2) is 12.1 Å². The normalized spacial score (nSPS) is 17.8. The summed E-state index contributed by atoms with van der Waals surface area (Å²) in [6, 6.07) is 3.30. The molecule has 7 nitrogen and oxygen atoms in total. The molecule has 29 heavy (non-hydrogen) atoms. The van der Waals surface area contributed by atoms with Crippen LogP contribution in [-0.4, -0.2) is 50.1 Å². The standard InChI is InChI=1S/C21H33N3O4.ClH/c1-13(22)14-8-7-9-24(12-14)19(25)15-10-17(27-5)18(28-6)11-16(15)23-20(26)21(2,3)4;/h10-11,13-14H,7-9,12,22H2,1-6H3,(H,23,26);1H. The van der Waals surface area contributed by atoms with Crippen LogP contribution < -0.4 is 20.5 Å². The smallest absolute Gasteiger partial charge is 0.256 e. The first kappa shape index (κ1) is 25.0. The van der Waals surface area contributed by atoms with E-state index in [2.05, 4.69) is 5.32 Å². The van der Waals surface area contributed by atoms with Crippen molar-refractivity contribution < 1.29 is 19.1 Å². The summed E-state index contributed by atoms with van der Waals surface area (Å²) < 4.78 is 10.7. The molecule has 2 rings (SSSR count). The number of nitrogens with two attached hydrogens (primary N) is 1. The minimum absolute atomic E-state index is 0. The number of amides is 2. The van der Waals surface area contributed by atoms with Crippen LogP contribution in [0, 0.1) is 11.3 Å². The van der Waals surface area contributed by atoms with Crippen LogP contribution >= 0.6 is 12.4 Å². The average Bonchev–Trinajstić information content (AvgIpc) is 2.66. The van der Waals surface area contributed by atoms with E-state index in [4.69, 9.17) is 15.2 Å². The van der Waals surface area contributed by atoms with Crippen LogP contribution in [-0.2, 0) is 4.79 Å². The largest absolute Gasteiger partial charge is 0.493 e. The Kier molecular flexibility index (Phi) is 8.78. The number of nitrogens with zero attached hydrogens (tertiary/aromatic N) is 1. The van der Waals surface area contributed by atoms with E-state index in [1.165, 1.54) is 14.2 Å². The Morgan fingerprint density at radius 2 is 1.79 bits per heavy atom. The lowest BCUT2D eigenvalue weighted by molar-refractivity contribution is -0.123. The lowest BCUT2D eigenvalue weighted by Crippen LogP contribution is -2.45. The number of carbonyl (C=O) groups excluding carboxylic acids is 2. The molecule has 1 saturated heterocycles. The van der Waals surface area contributed by atoms with Gasteiger partial charge in [0.05, 0.1) is 25.5 Å². The number of hydrogen-bond acceptors (Lipinski definition) is 5. The van der Waals surface area contributed by atoms with E-state index < -0.39 is 5.41 Å². The molecule has 1 aliphatic rings. The number of rotatable bonds is 5. The number of nitrogens with one attached hydrogen (secondary N) is 1. The van der Waals surface area contributed by atoms with Crippen LogP contribution in [0.4, 0.5) is 5.69 Å². The van der Waals surface area contributed by atoms with E-state index in [1.54, 1.807) is 12.1 Å². The number of hydrogen-bond donors (Lipinski definition) is 2. The second kappa shape index (κ2) is 10.2. The van der Waals surface area contributed by atoms with Crippen LogP contribution in [0.5, 0.6) is 11.5 Å². The molecule has 0 aromatic heterocycles. The summed E-state index contributed by atoms with van der Waals surface area (Å²) in [6.45, 7) is 8.72. The maximum absolute atomic E-state index is 13.3. The predicted molar refractivity (Wildman–Crippen MR) is 117 cm³/mol. The highest BCUT2D eigenvalue weighted by atomic mass is 35.5. The van der Waals surface area contributed by atoms with Crippen molar-refractivity contribution >= 4 is 29.9 Å². The number of methoxy groups -OCH3 is 2. The Morgan fingerprint density at radius 3 is 2.31 bits per heavy atom. The minimum atomic E-state index is -0.599. The summed E-state index contributed by atoms with van der Waals surface area (Å²) in [5, 5.41) is 2.88. The quantitative estimate of drug-likeness (QED) is 0.751. The number of piperidine rings is 1. The molecule has 0 aliphatic carbocycles. The number of likely N-dealkylation sites (tertiary alicyclic amines) is 1. The van der Waals surface area contributed by atoms with Crippen molar-refractivity contribution in [2.75, 3.05) is 32.6 Å². The highest BCUT2D eigenvalue weighted by molar-refractivity contribution is 6.05. The van der Waals surface area contributed by atoms with Gasteiger partial charge in [0.2, 0.25) is 5.91 Å². The Hall–Kier alpha value is -1.99. The van der Waals surface area contributed by atoms with Gasteiger partial charge in [0, 0.05) is 30.6 Å². The van der Waals surface area contributed by atoms with Crippen molar-refractivity contribution in [3.63, 3.8) is 0 Å². The lowest BCUT2D eigenvalue weighted by atomic mass is 9.91. The second-order valence-electron chi connectivity index (χ2n) is 8.47. The van der Waals surface area contributed by atoms with Crippen LogP contribution in [0.1, 0.15) is 50.9 Å². The maximum atomic E-state index is 13.3. The zero-order valence-corrected chi connectivity index (χ0v) is 19.0. The molecule has 8 heteroatoms. The van der Waals surface area contributed by atoms with Crippen molar-refractivity contribution in [2.24, 2.45) is 17.1 Å². The fourth-order valence-electron chi connectivity index (χ4n) is 3.26. The summed E-state index contributed by atoms with van der Waals surface area (Å²) >= 11 is 0. The van der Waals surface area contributed by atoms with Crippen LogP contribution in [0.2, 0.25) is 0 Å². The SMILES string of the molecule is COc1cc(NC(=O)C(C)(C)C)c(C(=O)N2CCCC(C(C)N)C2)cc1OC.Cl. The van der Waals surface area contributed by atoms with Crippen molar-refractivity contribution in [1.29, 1.82) is 0 Å². The molecule has 0 spiro atoms. The number of ether oxygens (including phenoxy) is 2. The maximum Gasteiger partial charge on any atom is 0.256 e. The third-order valence-electron chi connectivity index (χ3n) is 5.17. The van der Waals surface area contributed by atoms with E-state index in [0.29, 0.717) is 35.8 Å². The zero-order chi connectivity index (χ0) is 21.1. The van der Waals surface area contributed by atoms with Gasteiger partial charge in [0.25, 0.3) is 5.91 Å². The highest BCUT2D eigenvalue weighted by Gasteiger charge is 2.30. The molecule has 1 aliphatic heterocycles. The van der Waals surface area contributed by atoms with E-state index in [0.717, 1.165) is 12.8 Å². The predicted octanol–water partition coefficient (Wildman–Crippen LogP) is 3.31. The monoisotopic (exact) mass is 427 g/mol. The molecule has 0 bridgehead atoms. The first-order valence-electron chi connectivity index (χ1n) is 9.70. The topological polar surface area (TPSA) is 93.9 Å². The van der Waals surface area contributed by atoms with Crippen molar-refractivity contribution in [2.45, 2.75) is 46.6 Å². The summed E-state index contributed by atoms with van der Waals surface area (Å²) in [5.74, 6) is 0.845. The van der Waals surface area contributed by atoms with Gasteiger partial charge >= 0.3 is 0 Å². The molecule has 1 aromatic rings. The van der Waals surface area contributed by atoms with E-state index in [1.807, 2.05) is 32.6 Å². The molecule has 1 heterocycles. The molecular formula is C21H34ClN3O4. The zero-order valence-electron chi connectivity index (χ0n) is 18.2. The van der Waals surface area contributed by atoms with Gasteiger partial charge in [-0.2, -0.15) is 0 Å². The second-order valence-corrected chi connectivity index (χ2v) is 8.47. The minimum Gasteiger partial charge on any atom is -0.493 e. The fraction of sp³-hybridized carbons (Fsp3) is 0.619. The van der Waals surface area contributed by atoms with Gasteiger partial charge in [-0.05, 0) is 31.7 Å².